The smallest absolute Gasteiger partial charge is 0.258 e. The van der Waals surface area contributed by atoms with E-state index in [1.807, 2.05) is 24.3 Å². The molecule has 1 fully saturated rings. The molecule has 3 aromatic rings. The third-order valence-corrected chi connectivity index (χ3v) is 5.32. The number of rotatable bonds is 4. The Labute approximate surface area is 163 Å². The highest BCUT2D eigenvalue weighted by Crippen LogP contribution is 2.21. The van der Waals surface area contributed by atoms with Gasteiger partial charge in [-0.25, -0.2) is 4.39 Å². The Morgan fingerprint density at radius 2 is 1.96 bits per heavy atom. The molecule has 1 unspecified atom stereocenters. The van der Waals surface area contributed by atoms with E-state index in [9.17, 15) is 9.18 Å². The maximum atomic E-state index is 13.9. The molecule has 1 N–H and O–H groups in total. The van der Waals surface area contributed by atoms with Crippen LogP contribution in [0.25, 0.3) is 11.0 Å². The lowest BCUT2D eigenvalue weighted by atomic mass is 10.0. The number of anilines is 1. The molecule has 1 atom stereocenters. The normalized spacial score (nSPS) is 17.6. The van der Waals surface area contributed by atoms with Crippen molar-refractivity contribution in [1.82, 2.24) is 14.9 Å². The fraction of sp³-hybridized carbons (Fsp3) is 0.318. The number of likely N-dealkylation sites (tertiary alicyclic amines) is 1. The van der Waals surface area contributed by atoms with Crippen LogP contribution < -0.4 is 5.32 Å². The van der Waals surface area contributed by atoms with E-state index in [0.717, 1.165) is 13.1 Å². The number of hydrogen-bond acceptors (Lipinski definition) is 4. The summed E-state index contributed by atoms with van der Waals surface area (Å²) < 4.78 is 13.9. The molecular formula is C22H23FN4O. The van der Waals surface area contributed by atoms with E-state index in [-0.39, 0.29) is 5.56 Å². The standard InChI is InChI=1S/C22H23FN4O/c1-15-4-2-3-11-27(15)14-16-5-7-18(8-6-16)26-22(28)19-12-17(23)13-20-21(19)25-10-9-24-20/h5-10,12-13,15H,2-4,11,14H2,1H3,(H,26,28). The van der Waals surface area contributed by atoms with Crippen LogP contribution in [0.1, 0.15) is 42.1 Å². The summed E-state index contributed by atoms with van der Waals surface area (Å²) in [5.41, 5.74) is 2.81. The second-order valence-corrected chi connectivity index (χ2v) is 7.34. The largest absolute Gasteiger partial charge is 0.322 e. The lowest BCUT2D eigenvalue weighted by Gasteiger charge is -2.33. The van der Waals surface area contributed by atoms with Crippen molar-refractivity contribution in [2.45, 2.75) is 38.8 Å². The number of nitrogens with one attached hydrogen (secondary N) is 1. The van der Waals surface area contributed by atoms with Crippen LogP contribution >= 0.6 is 0 Å². The van der Waals surface area contributed by atoms with Crippen molar-refractivity contribution in [3.63, 3.8) is 0 Å². The Balaban J connectivity index is 1.48. The zero-order chi connectivity index (χ0) is 19.5. The minimum atomic E-state index is -0.510. The van der Waals surface area contributed by atoms with Crippen LogP contribution in [0.4, 0.5) is 10.1 Å². The van der Waals surface area contributed by atoms with E-state index in [4.69, 9.17) is 0 Å². The van der Waals surface area contributed by atoms with Crippen LogP contribution in [0.15, 0.2) is 48.8 Å². The van der Waals surface area contributed by atoms with Crippen molar-refractivity contribution in [3.05, 3.63) is 65.7 Å². The molecule has 0 aliphatic carbocycles. The van der Waals surface area contributed by atoms with Crippen molar-refractivity contribution in [2.75, 3.05) is 11.9 Å². The highest BCUT2D eigenvalue weighted by molar-refractivity contribution is 6.11. The van der Waals surface area contributed by atoms with Crippen LogP contribution in [0.5, 0.6) is 0 Å². The number of nitrogens with zero attached hydrogens (tertiary/aromatic N) is 3. The molecule has 144 valence electrons. The third kappa shape index (κ3) is 4.02. The summed E-state index contributed by atoms with van der Waals surface area (Å²) in [6.45, 7) is 4.33. The first-order chi connectivity index (χ1) is 13.6. The summed E-state index contributed by atoms with van der Waals surface area (Å²) >= 11 is 0. The molecule has 2 aromatic carbocycles. The Morgan fingerprint density at radius 3 is 2.75 bits per heavy atom. The molecule has 0 saturated carbocycles. The average Bonchev–Trinajstić information content (AvgIpc) is 2.70. The molecule has 0 bridgehead atoms. The Bertz CT molecular complexity index is 989. The predicted octanol–water partition coefficient (Wildman–Crippen LogP) is 4.40. The molecule has 1 saturated heterocycles. The van der Waals surface area contributed by atoms with Gasteiger partial charge in [0, 0.05) is 36.7 Å². The lowest BCUT2D eigenvalue weighted by molar-refractivity contribution is 0.102. The number of fused-ring (bicyclic) bond motifs is 1. The summed E-state index contributed by atoms with van der Waals surface area (Å²) in [4.78, 5) is 23.4. The first-order valence-corrected chi connectivity index (χ1v) is 9.65. The van der Waals surface area contributed by atoms with E-state index in [1.165, 1.54) is 49.4 Å². The van der Waals surface area contributed by atoms with E-state index >= 15 is 0 Å². The van der Waals surface area contributed by atoms with Gasteiger partial charge in [-0.15, -0.1) is 0 Å². The average molecular weight is 378 g/mol. The highest BCUT2D eigenvalue weighted by Gasteiger charge is 2.18. The van der Waals surface area contributed by atoms with Gasteiger partial charge < -0.3 is 5.32 Å². The summed E-state index contributed by atoms with van der Waals surface area (Å²) in [5.74, 6) is -0.911. The van der Waals surface area contributed by atoms with Crippen molar-refractivity contribution in [3.8, 4) is 0 Å². The van der Waals surface area contributed by atoms with Crippen LogP contribution in [0.3, 0.4) is 0 Å². The van der Waals surface area contributed by atoms with Crippen LogP contribution in [-0.2, 0) is 6.54 Å². The monoisotopic (exact) mass is 378 g/mol. The molecule has 4 rings (SSSR count). The molecule has 1 amide bonds. The molecule has 0 spiro atoms. The van der Waals surface area contributed by atoms with Gasteiger partial charge >= 0.3 is 0 Å². The molecule has 5 nitrogen and oxygen atoms in total. The first-order valence-electron chi connectivity index (χ1n) is 9.65. The SMILES string of the molecule is CC1CCCCN1Cc1ccc(NC(=O)c2cc(F)cc3nccnc23)cc1. The quantitative estimate of drug-likeness (QED) is 0.731. The number of aromatic nitrogens is 2. The van der Waals surface area contributed by atoms with Crippen molar-refractivity contribution >= 4 is 22.6 Å². The summed E-state index contributed by atoms with van der Waals surface area (Å²) in [7, 11) is 0. The van der Waals surface area contributed by atoms with Crippen LogP contribution in [-0.4, -0.2) is 33.4 Å². The van der Waals surface area contributed by atoms with Gasteiger partial charge in [0.2, 0.25) is 0 Å². The molecule has 1 aromatic heterocycles. The van der Waals surface area contributed by atoms with E-state index in [1.54, 1.807) is 0 Å². The zero-order valence-electron chi connectivity index (χ0n) is 15.9. The van der Waals surface area contributed by atoms with Crippen molar-refractivity contribution in [1.29, 1.82) is 0 Å². The van der Waals surface area contributed by atoms with E-state index in [2.05, 4.69) is 27.1 Å². The number of carbonyl (C=O) groups is 1. The van der Waals surface area contributed by atoms with Crippen molar-refractivity contribution in [2.24, 2.45) is 0 Å². The maximum Gasteiger partial charge on any atom is 0.258 e. The number of piperidine rings is 1. The molecule has 1 aliphatic rings. The minimum Gasteiger partial charge on any atom is -0.322 e. The Hall–Kier alpha value is -2.86. The molecular weight excluding hydrogens is 355 g/mol. The number of amides is 1. The molecule has 0 radical (unpaired) electrons. The zero-order valence-corrected chi connectivity index (χ0v) is 15.9. The second kappa shape index (κ2) is 8.02. The molecule has 2 heterocycles. The first kappa shape index (κ1) is 18.5. The second-order valence-electron chi connectivity index (χ2n) is 7.34. The Morgan fingerprint density at radius 1 is 1.18 bits per heavy atom. The topological polar surface area (TPSA) is 58.1 Å². The third-order valence-electron chi connectivity index (χ3n) is 5.32. The lowest BCUT2D eigenvalue weighted by Crippen LogP contribution is -2.36. The number of carbonyl (C=O) groups excluding carboxylic acids is 1. The van der Waals surface area contributed by atoms with Gasteiger partial charge in [-0.3, -0.25) is 19.7 Å². The fourth-order valence-corrected chi connectivity index (χ4v) is 3.73. The van der Waals surface area contributed by atoms with Gasteiger partial charge in [-0.1, -0.05) is 18.6 Å². The van der Waals surface area contributed by atoms with Crippen LogP contribution in [0, 0.1) is 5.82 Å². The number of halogens is 1. The van der Waals surface area contributed by atoms with Gasteiger partial charge in [0.1, 0.15) is 11.3 Å². The van der Waals surface area contributed by atoms with Crippen molar-refractivity contribution < 1.29 is 9.18 Å². The van der Waals surface area contributed by atoms with Crippen LogP contribution in [0.2, 0.25) is 0 Å². The number of benzene rings is 2. The maximum absolute atomic E-state index is 13.9. The van der Waals surface area contributed by atoms with Gasteiger partial charge in [0.25, 0.3) is 5.91 Å². The molecule has 28 heavy (non-hydrogen) atoms. The minimum absolute atomic E-state index is 0.175. The molecule has 1 aliphatic heterocycles. The van der Waals surface area contributed by atoms with Gasteiger partial charge in [-0.2, -0.15) is 0 Å². The van der Waals surface area contributed by atoms with E-state index in [0.29, 0.717) is 22.8 Å². The Kier molecular flexibility index (Phi) is 5.30. The summed E-state index contributed by atoms with van der Waals surface area (Å²) in [6, 6.07) is 10.9. The van der Waals surface area contributed by atoms with Gasteiger partial charge in [0.15, 0.2) is 0 Å². The van der Waals surface area contributed by atoms with Gasteiger partial charge in [-0.05, 0) is 50.1 Å². The summed E-state index contributed by atoms with van der Waals surface area (Å²) in [6.07, 6.45) is 6.78. The molecule has 6 heteroatoms. The van der Waals surface area contributed by atoms with E-state index < -0.39 is 11.7 Å². The summed E-state index contributed by atoms with van der Waals surface area (Å²) in [5, 5.41) is 2.83. The van der Waals surface area contributed by atoms with Gasteiger partial charge in [0.05, 0.1) is 11.1 Å². The number of hydrogen-bond donors (Lipinski definition) is 1. The predicted molar refractivity (Wildman–Crippen MR) is 108 cm³/mol. The fourth-order valence-electron chi connectivity index (χ4n) is 3.73. The highest BCUT2D eigenvalue weighted by atomic mass is 19.1.